The monoisotopic (exact) mass is 317 g/mol. The van der Waals surface area contributed by atoms with Crippen molar-refractivity contribution in [1.82, 2.24) is 15.1 Å². The first-order chi connectivity index (χ1) is 10.6. The summed E-state index contributed by atoms with van der Waals surface area (Å²) in [5, 5.41) is 17.6. The predicted molar refractivity (Wildman–Crippen MR) is 82.6 cm³/mol. The third-order valence-electron chi connectivity index (χ3n) is 4.77. The first kappa shape index (κ1) is 13.8. The first-order valence-corrected chi connectivity index (χ1v) is 7.73. The lowest BCUT2D eigenvalue weighted by Gasteiger charge is -2.16. The van der Waals surface area contributed by atoms with Crippen LogP contribution in [-0.2, 0) is 0 Å². The fourth-order valence-electron chi connectivity index (χ4n) is 3.24. The van der Waals surface area contributed by atoms with E-state index in [4.69, 9.17) is 11.6 Å². The molecule has 2 heterocycles. The molecule has 1 saturated heterocycles. The minimum absolute atomic E-state index is 0.0460. The van der Waals surface area contributed by atoms with Crippen molar-refractivity contribution in [2.24, 2.45) is 5.41 Å². The van der Waals surface area contributed by atoms with Crippen LogP contribution in [0.15, 0.2) is 30.5 Å². The van der Waals surface area contributed by atoms with Gasteiger partial charge >= 0.3 is 0 Å². The van der Waals surface area contributed by atoms with E-state index in [1.54, 1.807) is 23.2 Å². The standard InChI is InChI=1S/C16H16ClN3O2/c17-11-3-1-2-10(6-11)14-12(7-18-19-14)15(22)20-8-13(21)16(9-20)4-5-16/h1-3,6-7,13,21H,4-5,8-9H2,(H,18,19). The molecule has 0 bridgehead atoms. The summed E-state index contributed by atoms with van der Waals surface area (Å²) in [4.78, 5) is 14.5. The molecule has 114 valence electrons. The molecule has 6 heteroatoms. The van der Waals surface area contributed by atoms with Gasteiger partial charge in [0.1, 0.15) is 0 Å². The largest absolute Gasteiger partial charge is 0.391 e. The van der Waals surface area contributed by atoms with Gasteiger partial charge < -0.3 is 10.0 Å². The first-order valence-electron chi connectivity index (χ1n) is 7.36. The molecule has 2 aliphatic rings. The maximum atomic E-state index is 12.8. The van der Waals surface area contributed by atoms with Crippen LogP contribution in [0, 0.1) is 5.41 Å². The molecule has 1 aromatic heterocycles. The Morgan fingerprint density at radius 3 is 2.95 bits per heavy atom. The summed E-state index contributed by atoms with van der Waals surface area (Å²) in [5.74, 6) is -0.0912. The number of halogens is 1. The van der Waals surface area contributed by atoms with E-state index in [2.05, 4.69) is 10.2 Å². The number of carbonyl (C=O) groups excluding carboxylic acids is 1. The third-order valence-corrected chi connectivity index (χ3v) is 5.00. The van der Waals surface area contributed by atoms with Gasteiger partial charge in [0.05, 0.1) is 23.6 Å². The Morgan fingerprint density at radius 1 is 1.45 bits per heavy atom. The molecule has 1 saturated carbocycles. The molecule has 2 N–H and O–H groups in total. The van der Waals surface area contributed by atoms with Crippen LogP contribution in [0.1, 0.15) is 23.2 Å². The normalized spacial score (nSPS) is 22.3. The van der Waals surface area contributed by atoms with Crippen molar-refractivity contribution >= 4 is 17.5 Å². The van der Waals surface area contributed by atoms with Gasteiger partial charge in [0.25, 0.3) is 5.91 Å². The van der Waals surface area contributed by atoms with Crippen LogP contribution in [0.4, 0.5) is 0 Å². The van der Waals surface area contributed by atoms with Crippen molar-refractivity contribution in [3.63, 3.8) is 0 Å². The second-order valence-electron chi connectivity index (χ2n) is 6.23. The number of aliphatic hydroxyl groups excluding tert-OH is 1. The molecule has 22 heavy (non-hydrogen) atoms. The minimum Gasteiger partial charge on any atom is -0.391 e. The SMILES string of the molecule is O=C(c1cn[nH]c1-c1cccc(Cl)c1)N1CC(O)C2(CC2)C1. The molecule has 1 aliphatic carbocycles. The highest BCUT2D eigenvalue weighted by Gasteiger charge is 2.55. The molecule has 1 aliphatic heterocycles. The van der Waals surface area contributed by atoms with Gasteiger partial charge in [0.15, 0.2) is 0 Å². The number of likely N-dealkylation sites (tertiary alicyclic amines) is 1. The summed E-state index contributed by atoms with van der Waals surface area (Å²) in [6, 6.07) is 7.31. The summed E-state index contributed by atoms with van der Waals surface area (Å²) < 4.78 is 0. The Hall–Kier alpha value is -1.85. The van der Waals surface area contributed by atoms with E-state index in [0.29, 0.717) is 29.4 Å². The smallest absolute Gasteiger partial charge is 0.257 e. The third kappa shape index (κ3) is 2.12. The fraction of sp³-hybridized carbons (Fsp3) is 0.375. The molecular weight excluding hydrogens is 302 g/mol. The highest BCUT2D eigenvalue weighted by Crippen LogP contribution is 2.53. The van der Waals surface area contributed by atoms with Gasteiger partial charge in [-0.1, -0.05) is 23.7 Å². The zero-order valence-corrected chi connectivity index (χ0v) is 12.7. The molecule has 1 atom stereocenters. The average Bonchev–Trinajstić information content (AvgIpc) is 2.99. The van der Waals surface area contributed by atoms with Crippen LogP contribution < -0.4 is 0 Å². The minimum atomic E-state index is -0.405. The van der Waals surface area contributed by atoms with Crippen molar-refractivity contribution in [2.45, 2.75) is 18.9 Å². The molecule has 1 amide bonds. The average molecular weight is 318 g/mol. The van der Waals surface area contributed by atoms with Crippen LogP contribution >= 0.6 is 11.6 Å². The van der Waals surface area contributed by atoms with Crippen molar-refractivity contribution < 1.29 is 9.90 Å². The number of nitrogens with one attached hydrogen (secondary N) is 1. The van der Waals surface area contributed by atoms with E-state index in [-0.39, 0.29) is 11.3 Å². The molecular formula is C16H16ClN3O2. The topological polar surface area (TPSA) is 69.2 Å². The molecule has 1 unspecified atom stereocenters. The summed E-state index contributed by atoms with van der Waals surface area (Å²) in [5.41, 5.74) is 1.97. The van der Waals surface area contributed by atoms with E-state index in [1.807, 2.05) is 12.1 Å². The summed E-state index contributed by atoms with van der Waals surface area (Å²) >= 11 is 6.02. The maximum Gasteiger partial charge on any atom is 0.257 e. The lowest BCUT2D eigenvalue weighted by molar-refractivity contribution is 0.0765. The second kappa shape index (κ2) is 4.83. The Morgan fingerprint density at radius 2 is 2.27 bits per heavy atom. The number of benzene rings is 1. The van der Waals surface area contributed by atoms with E-state index >= 15 is 0 Å². The number of carbonyl (C=O) groups is 1. The van der Waals surface area contributed by atoms with E-state index in [0.717, 1.165) is 18.4 Å². The number of H-pyrrole nitrogens is 1. The van der Waals surface area contributed by atoms with E-state index in [1.165, 1.54) is 0 Å². The number of aromatic nitrogens is 2. The van der Waals surface area contributed by atoms with Crippen molar-refractivity contribution in [3.05, 3.63) is 41.0 Å². The number of nitrogens with zero attached hydrogens (tertiary/aromatic N) is 2. The van der Waals surface area contributed by atoms with Gasteiger partial charge in [-0.15, -0.1) is 0 Å². The molecule has 2 fully saturated rings. The Kier molecular flexibility index (Phi) is 3.03. The van der Waals surface area contributed by atoms with Crippen molar-refractivity contribution in [2.75, 3.05) is 13.1 Å². The van der Waals surface area contributed by atoms with Gasteiger partial charge in [0, 0.05) is 29.1 Å². The number of aliphatic hydroxyl groups is 1. The molecule has 4 rings (SSSR count). The Bertz CT molecular complexity index is 738. The molecule has 1 aromatic carbocycles. The second-order valence-corrected chi connectivity index (χ2v) is 6.67. The van der Waals surface area contributed by atoms with E-state index < -0.39 is 6.10 Å². The number of aromatic amines is 1. The molecule has 0 radical (unpaired) electrons. The van der Waals surface area contributed by atoms with Gasteiger partial charge in [-0.05, 0) is 25.0 Å². The van der Waals surface area contributed by atoms with E-state index in [9.17, 15) is 9.90 Å². The fourth-order valence-corrected chi connectivity index (χ4v) is 3.43. The highest BCUT2D eigenvalue weighted by molar-refractivity contribution is 6.30. The predicted octanol–water partition coefficient (Wildman–Crippen LogP) is 2.33. The number of hydrogen-bond acceptors (Lipinski definition) is 3. The number of β-amino-alcohol motifs (C(OH)–C–C–N with tert-alkyl or cyclic N) is 1. The lowest BCUT2D eigenvalue weighted by Crippen LogP contribution is -2.29. The lowest BCUT2D eigenvalue weighted by atomic mass is 10.0. The zero-order valence-electron chi connectivity index (χ0n) is 11.9. The number of amides is 1. The summed E-state index contributed by atoms with van der Waals surface area (Å²) in [6.45, 7) is 1.03. The van der Waals surface area contributed by atoms with Crippen molar-refractivity contribution in [3.8, 4) is 11.3 Å². The summed E-state index contributed by atoms with van der Waals surface area (Å²) in [6.07, 6.45) is 3.15. The summed E-state index contributed by atoms with van der Waals surface area (Å²) in [7, 11) is 0. The van der Waals surface area contributed by atoms with Crippen molar-refractivity contribution in [1.29, 1.82) is 0 Å². The van der Waals surface area contributed by atoms with Crippen LogP contribution in [0.3, 0.4) is 0 Å². The van der Waals surface area contributed by atoms with Gasteiger partial charge in [-0.2, -0.15) is 5.10 Å². The van der Waals surface area contributed by atoms with Gasteiger partial charge in [-0.3, -0.25) is 9.89 Å². The maximum absolute atomic E-state index is 12.8. The Balaban J connectivity index is 1.64. The van der Waals surface area contributed by atoms with Crippen LogP contribution in [0.25, 0.3) is 11.3 Å². The molecule has 1 spiro atoms. The number of hydrogen-bond donors (Lipinski definition) is 2. The number of rotatable bonds is 2. The zero-order chi connectivity index (χ0) is 15.3. The van der Waals surface area contributed by atoms with Crippen LogP contribution in [-0.4, -0.2) is 45.3 Å². The molecule has 5 nitrogen and oxygen atoms in total. The Labute approximate surface area is 132 Å². The highest BCUT2D eigenvalue weighted by atomic mass is 35.5. The quantitative estimate of drug-likeness (QED) is 0.893. The van der Waals surface area contributed by atoms with Gasteiger partial charge in [0.2, 0.25) is 0 Å². The van der Waals surface area contributed by atoms with Crippen LogP contribution in [0.5, 0.6) is 0 Å². The molecule has 2 aromatic rings. The van der Waals surface area contributed by atoms with Crippen LogP contribution in [0.2, 0.25) is 5.02 Å². The van der Waals surface area contributed by atoms with Gasteiger partial charge in [-0.25, -0.2) is 0 Å².